The van der Waals surface area contributed by atoms with Crippen molar-refractivity contribution in [1.29, 1.82) is 0 Å². The van der Waals surface area contributed by atoms with Gasteiger partial charge in [0.1, 0.15) is 0 Å². The largest absolute Gasteiger partial charge is 0.328 e. The third-order valence-electron chi connectivity index (χ3n) is 3.39. The lowest BCUT2D eigenvalue weighted by atomic mass is 10.1. The molecule has 1 unspecified atom stereocenters. The molecule has 20 heavy (non-hydrogen) atoms. The molecule has 0 radical (unpaired) electrons. The highest BCUT2D eigenvalue weighted by molar-refractivity contribution is 7.89. The first-order valence-corrected chi connectivity index (χ1v) is 8.24. The minimum absolute atomic E-state index is 0.0647. The van der Waals surface area contributed by atoms with E-state index in [0.29, 0.717) is 18.7 Å². The average Bonchev–Trinajstić information content (AvgIpc) is 2.92. The summed E-state index contributed by atoms with van der Waals surface area (Å²) in [5.41, 5.74) is 6.09. The molecule has 0 amide bonds. The van der Waals surface area contributed by atoms with Gasteiger partial charge in [-0.15, -0.1) is 0 Å². The lowest BCUT2D eigenvalue weighted by Crippen LogP contribution is -2.27. The second kappa shape index (κ2) is 6.03. The van der Waals surface area contributed by atoms with Crippen molar-refractivity contribution in [3.05, 3.63) is 29.8 Å². The molecule has 6 heteroatoms. The number of benzene rings is 1. The number of Topliss-reactive ketones (excluding diaryl/α,β-unsaturated/α-hetero) is 1. The normalized spacial score (nSPS) is 18.1. The summed E-state index contributed by atoms with van der Waals surface area (Å²) >= 11 is 0. The Morgan fingerprint density at radius 1 is 1.25 bits per heavy atom. The molecule has 1 aliphatic heterocycles. The van der Waals surface area contributed by atoms with Crippen LogP contribution in [-0.4, -0.2) is 37.6 Å². The van der Waals surface area contributed by atoms with Gasteiger partial charge in [-0.1, -0.05) is 12.1 Å². The number of hydrogen-bond acceptors (Lipinski definition) is 4. The molecule has 1 atom stereocenters. The third-order valence-corrected chi connectivity index (χ3v) is 5.30. The lowest BCUT2D eigenvalue weighted by molar-refractivity contribution is 0.0976. The molecule has 2 rings (SSSR count). The summed E-state index contributed by atoms with van der Waals surface area (Å²) in [6, 6.07) is 5.93. The summed E-state index contributed by atoms with van der Waals surface area (Å²) in [4.78, 5) is 12.1. The zero-order chi connectivity index (χ0) is 14.8. The molecule has 5 nitrogen and oxygen atoms in total. The summed E-state index contributed by atoms with van der Waals surface area (Å²) in [7, 11) is -3.41. The van der Waals surface area contributed by atoms with Gasteiger partial charge in [-0.05, 0) is 31.9 Å². The number of rotatable bonds is 5. The molecule has 0 saturated carbocycles. The molecule has 1 aliphatic rings. The summed E-state index contributed by atoms with van der Waals surface area (Å²) in [6.45, 7) is 2.92. The number of sulfonamides is 1. The van der Waals surface area contributed by atoms with E-state index in [0.717, 1.165) is 12.8 Å². The Morgan fingerprint density at radius 3 is 2.30 bits per heavy atom. The number of nitrogens with zero attached hydrogens (tertiary/aromatic N) is 1. The predicted octanol–water partition coefficient (Wildman–Crippen LogP) is 1.39. The van der Waals surface area contributed by atoms with Gasteiger partial charge < -0.3 is 5.73 Å². The van der Waals surface area contributed by atoms with Crippen LogP contribution in [0.2, 0.25) is 0 Å². The molecule has 1 aromatic carbocycles. The highest BCUT2D eigenvalue weighted by Gasteiger charge is 2.27. The molecular formula is C14H20N2O3S. The zero-order valence-electron chi connectivity index (χ0n) is 11.6. The Hall–Kier alpha value is -1.24. The smallest absolute Gasteiger partial charge is 0.243 e. The van der Waals surface area contributed by atoms with E-state index in [1.54, 1.807) is 19.1 Å². The van der Waals surface area contributed by atoms with E-state index >= 15 is 0 Å². The van der Waals surface area contributed by atoms with Crippen LogP contribution in [0.15, 0.2) is 29.2 Å². The van der Waals surface area contributed by atoms with E-state index in [-0.39, 0.29) is 23.1 Å². The van der Waals surface area contributed by atoms with Gasteiger partial charge in [-0.25, -0.2) is 8.42 Å². The molecule has 1 saturated heterocycles. The Morgan fingerprint density at radius 2 is 1.80 bits per heavy atom. The van der Waals surface area contributed by atoms with E-state index in [1.807, 2.05) is 0 Å². The van der Waals surface area contributed by atoms with Gasteiger partial charge in [0.25, 0.3) is 0 Å². The number of carbonyl (C=O) groups excluding carboxylic acids is 1. The van der Waals surface area contributed by atoms with Gasteiger partial charge in [0.15, 0.2) is 5.78 Å². The molecule has 1 heterocycles. The van der Waals surface area contributed by atoms with Gasteiger partial charge >= 0.3 is 0 Å². The van der Waals surface area contributed by atoms with Crippen molar-refractivity contribution in [2.45, 2.75) is 37.1 Å². The second-order valence-corrected chi connectivity index (χ2v) is 7.18. The maximum absolute atomic E-state index is 12.3. The van der Waals surface area contributed by atoms with Crippen molar-refractivity contribution in [2.75, 3.05) is 13.1 Å². The standard InChI is InChI=1S/C14H20N2O3S/c1-11(15)10-14(17)12-4-6-13(7-5-12)20(18,19)16-8-2-3-9-16/h4-7,11H,2-3,8-10,15H2,1H3. The Balaban J connectivity index is 2.17. The lowest BCUT2D eigenvalue weighted by Gasteiger charge is -2.15. The quantitative estimate of drug-likeness (QED) is 0.833. The fourth-order valence-corrected chi connectivity index (χ4v) is 3.82. The van der Waals surface area contributed by atoms with Gasteiger partial charge in [0.2, 0.25) is 10.0 Å². The monoisotopic (exact) mass is 296 g/mol. The van der Waals surface area contributed by atoms with Crippen molar-refractivity contribution in [2.24, 2.45) is 5.73 Å². The van der Waals surface area contributed by atoms with Crippen molar-refractivity contribution in [3.8, 4) is 0 Å². The van der Waals surface area contributed by atoms with E-state index in [1.165, 1.54) is 16.4 Å². The summed E-state index contributed by atoms with van der Waals surface area (Å²) in [5, 5.41) is 0. The van der Waals surface area contributed by atoms with Gasteiger partial charge in [0, 0.05) is 31.1 Å². The molecule has 0 spiro atoms. The molecular weight excluding hydrogens is 276 g/mol. The van der Waals surface area contributed by atoms with Crippen molar-refractivity contribution >= 4 is 15.8 Å². The second-order valence-electron chi connectivity index (χ2n) is 5.24. The van der Waals surface area contributed by atoms with E-state index in [9.17, 15) is 13.2 Å². The molecule has 0 aliphatic carbocycles. The summed E-state index contributed by atoms with van der Waals surface area (Å²) in [6.07, 6.45) is 2.08. The molecule has 2 N–H and O–H groups in total. The minimum atomic E-state index is -3.41. The summed E-state index contributed by atoms with van der Waals surface area (Å²) < 4.78 is 26.1. The molecule has 0 aromatic heterocycles. The highest BCUT2D eigenvalue weighted by atomic mass is 32.2. The summed E-state index contributed by atoms with van der Waals surface area (Å²) in [5.74, 6) is -0.0647. The number of hydrogen-bond donors (Lipinski definition) is 1. The van der Waals surface area contributed by atoms with Crippen LogP contribution in [0.25, 0.3) is 0 Å². The SMILES string of the molecule is CC(N)CC(=O)c1ccc(S(=O)(=O)N2CCCC2)cc1. The molecule has 1 aromatic rings. The van der Waals surface area contributed by atoms with Crippen molar-refractivity contribution in [3.63, 3.8) is 0 Å². The van der Waals surface area contributed by atoms with E-state index in [2.05, 4.69) is 0 Å². The van der Waals surface area contributed by atoms with Crippen molar-refractivity contribution < 1.29 is 13.2 Å². The fraction of sp³-hybridized carbons (Fsp3) is 0.500. The molecule has 0 bridgehead atoms. The highest BCUT2D eigenvalue weighted by Crippen LogP contribution is 2.21. The van der Waals surface area contributed by atoms with E-state index in [4.69, 9.17) is 5.73 Å². The van der Waals surface area contributed by atoms with Crippen LogP contribution < -0.4 is 5.73 Å². The number of carbonyl (C=O) groups is 1. The van der Waals surface area contributed by atoms with Crippen LogP contribution in [-0.2, 0) is 10.0 Å². The Bertz CT molecular complexity index is 573. The van der Waals surface area contributed by atoms with Gasteiger partial charge in [-0.2, -0.15) is 4.31 Å². The topological polar surface area (TPSA) is 80.5 Å². The first-order valence-electron chi connectivity index (χ1n) is 6.80. The van der Waals surface area contributed by atoms with Crippen LogP contribution in [0, 0.1) is 0 Å². The maximum Gasteiger partial charge on any atom is 0.243 e. The van der Waals surface area contributed by atoms with Crippen LogP contribution >= 0.6 is 0 Å². The first-order chi connectivity index (χ1) is 9.41. The zero-order valence-corrected chi connectivity index (χ0v) is 12.4. The first kappa shape index (κ1) is 15.2. The fourth-order valence-electron chi connectivity index (χ4n) is 2.30. The van der Waals surface area contributed by atoms with Crippen LogP contribution in [0.5, 0.6) is 0 Å². The molecule has 1 fully saturated rings. The Kier molecular flexibility index (Phi) is 4.57. The third kappa shape index (κ3) is 3.26. The number of ketones is 1. The maximum atomic E-state index is 12.3. The average molecular weight is 296 g/mol. The number of nitrogens with two attached hydrogens (primary N) is 1. The van der Waals surface area contributed by atoms with Gasteiger partial charge in [0.05, 0.1) is 4.90 Å². The predicted molar refractivity (Wildman–Crippen MR) is 77.0 cm³/mol. The van der Waals surface area contributed by atoms with Crippen LogP contribution in [0.1, 0.15) is 36.5 Å². The van der Waals surface area contributed by atoms with Crippen LogP contribution in [0.3, 0.4) is 0 Å². The van der Waals surface area contributed by atoms with Crippen LogP contribution in [0.4, 0.5) is 0 Å². The Labute approximate surface area is 119 Å². The van der Waals surface area contributed by atoms with E-state index < -0.39 is 10.0 Å². The minimum Gasteiger partial charge on any atom is -0.328 e. The van der Waals surface area contributed by atoms with Gasteiger partial charge in [-0.3, -0.25) is 4.79 Å². The van der Waals surface area contributed by atoms with Crippen molar-refractivity contribution in [1.82, 2.24) is 4.31 Å². The molecule has 110 valence electrons.